The minimum absolute atomic E-state index is 0.400. The van der Waals surface area contributed by atoms with Crippen molar-refractivity contribution in [2.24, 2.45) is 5.10 Å². The van der Waals surface area contributed by atoms with Crippen LogP contribution in [0.25, 0.3) is 0 Å². The Hall–Kier alpha value is -2.11. The standard InChI is InChI=1S/C16H16ClN3OS/c1-11(14-5-3-4-6-15(14)17)19-20-16(22)18-12-7-9-13(21-2)10-8-12/h3-10H,1-2H3,(H2,18,20,22)/b19-11+. The van der Waals surface area contributed by atoms with Crippen molar-refractivity contribution in [2.45, 2.75) is 6.92 Å². The predicted octanol–water partition coefficient (Wildman–Crippen LogP) is 4.06. The van der Waals surface area contributed by atoms with Gasteiger partial charge in [0.15, 0.2) is 5.11 Å². The third-order valence-electron chi connectivity index (χ3n) is 2.94. The van der Waals surface area contributed by atoms with Gasteiger partial charge in [-0.05, 0) is 49.5 Å². The van der Waals surface area contributed by atoms with Crippen molar-refractivity contribution in [1.29, 1.82) is 0 Å². The molecule has 2 aromatic rings. The van der Waals surface area contributed by atoms with Crippen LogP contribution in [-0.4, -0.2) is 17.9 Å². The molecule has 0 saturated carbocycles. The van der Waals surface area contributed by atoms with E-state index >= 15 is 0 Å². The second-order valence-corrected chi connectivity index (χ2v) is 5.29. The van der Waals surface area contributed by atoms with E-state index in [-0.39, 0.29) is 0 Å². The zero-order chi connectivity index (χ0) is 15.9. The number of hydrogen-bond donors (Lipinski definition) is 2. The van der Waals surface area contributed by atoms with Crippen LogP contribution >= 0.6 is 23.8 Å². The van der Waals surface area contributed by atoms with E-state index in [2.05, 4.69) is 15.8 Å². The number of hydrazone groups is 1. The van der Waals surface area contributed by atoms with Crippen LogP contribution in [-0.2, 0) is 0 Å². The zero-order valence-corrected chi connectivity index (χ0v) is 13.8. The normalized spacial score (nSPS) is 11.0. The molecule has 114 valence electrons. The van der Waals surface area contributed by atoms with Crippen LogP contribution in [0, 0.1) is 0 Å². The van der Waals surface area contributed by atoms with Gasteiger partial charge in [0.05, 0.1) is 12.8 Å². The summed E-state index contributed by atoms with van der Waals surface area (Å²) in [7, 11) is 1.63. The smallest absolute Gasteiger partial charge is 0.191 e. The van der Waals surface area contributed by atoms with E-state index in [1.54, 1.807) is 7.11 Å². The lowest BCUT2D eigenvalue weighted by molar-refractivity contribution is 0.415. The van der Waals surface area contributed by atoms with Gasteiger partial charge in [0.2, 0.25) is 0 Å². The van der Waals surface area contributed by atoms with Crippen LogP contribution in [0.4, 0.5) is 5.69 Å². The summed E-state index contributed by atoms with van der Waals surface area (Å²) >= 11 is 11.3. The van der Waals surface area contributed by atoms with Gasteiger partial charge < -0.3 is 10.1 Å². The van der Waals surface area contributed by atoms with Crippen molar-refractivity contribution in [3.8, 4) is 5.75 Å². The number of halogens is 1. The monoisotopic (exact) mass is 333 g/mol. The maximum Gasteiger partial charge on any atom is 0.191 e. The van der Waals surface area contributed by atoms with Gasteiger partial charge in [0.1, 0.15) is 5.75 Å². The van der Waals surface area contributed by atoms with Crippen molar-refractivity contribution in [3.05, 3.63) is 59.1 Å². The van der Waals surface area contributed by atoms with E-state index in [4.69, 9.17) is 28.6 Å². The summed E-state index contributed by atoms with van der Waals surface area (Å²) in [5.41, 5.74) is 5.27. The van der Waals surface area contributed by atoms with Gasteiger partial charge >= 0.3 is 0 Å². The highest BCUT2D eigenvalue weighted by Gasteiger charge is 2.03. The predicted molar refractivity (Wildman–Crippen MR) is 96.0 cm³/mol. The number of nitrogens with one attached hydrogen (secondary N) is 2. The third kappa shape index (κ3) is 4.44. The van der Waals surface area contributed by atoms with Gasteiger partial charge in [-0.15, -0.1) is 0 Å². The molecule has 0 spiro atoms. The fraction of sp³-hybridized carbons (Fsp3) is 0.125. The van der Waals surface area contributed by atoms with Crippen LogP contribution in [0.2, 0.25) is 5.02 Å². The Balaban J connectivity index is 1.97. The Morgan fingerprint density at radius 2 is 1.82 bits per heavy atom. The molecule has 4 nitrogen and oxygen atoms in total. The summed E-state index contributed by atoms with van der Waals surface area (Å²) in [5.74, 6) is 0.789. The van der Waals surface area contributed by atoms with Crippen LogP contribution in [0.15, 0.2) is 53.6 Å². The van der Waals surface area contributed by atoms with Crippen molar-refractivity contribution < 1.29 is 4.74 Å². The SMILES string of the molecule is COc1ccc(NC(=S)N/N=C(\C)c2ccccc2Cl)cc1. The Morgan fingerprint density at radius 3 is 2.45 bits per heavy atom. The second-order valence-electron chi connectivity index (χ2n) is 4.47. The van der Waals surface area contributed by atoms with Gasteiger partial charge in [-0.1, -0.05) is 29.8 Å². The zero-order valence-electron chi connectivity index (χ0n) is 12.3. The number of ether oxygens (including phenoxy) is 1. The molecule has 2 N–H and O–H groups in total. The number of benzene rings is 2. The van der Waals surface area contributed by atoms with Crippen LogP contribution in [0.5, 0.6) is 5.75 Å². The number of nitrogens with zero attached hydrogens (tertiary/aromatic N) is 1. The minimum Gasteiger partial charge on any atom is -0.497 e. The lowest BCUT2D eigenvalue weighted by Crippen LogP contribution is -2.25. The average Bonchev–Trinajstić information content (AvgIpc) is 2.54. The molecule has 0 heterocycles. The number of hydrogen-bond acceptors (Lipinski definition) is 3. The van der Waals surface area contributed by atoms with E-state index in [0.29, 0.717) is 10.1 Å². The Labute approximate surface area is 140 Å². The first-order valence-corrected chi connectivity index (χ1v) is 7.39. The molecule has 0 saturated heterocycles. The molecular formula is C16H16ClN3OS. The molecule has 0 fully saturated rings. The maximum absolute atomic E-state index is 6.12. The number of rotatable bonds is 4. The summed E-state index contributed by atoms with van der Waals surface area (Å²) in [6, 6.07) is 15.0. The lowest BCUT2D eigenvalue weighted by atomic mass is 10.1. The highest BCUT2D eigenvalue weighted by Crippen LogP contribution is 2.16. The van der Waals surface area contributed by atoms with E-state index in [0.717, 1.165) is 22.7 Å². The van der Waals surface area contributed by atoms with Crippen molar-refractivity contribution in [3.63, 3.8) is 0 Å². The van der Waals surface area contributed by atoms with E-state index in [1.807, 2.05) is 55.5 Å². The van der Waals surface area contributed by atoms with E-state index < -0.39 is 0 Å². The molecule has 2 rings (SSSR count). The highest BCUT2D eigenvalue weighted by molar-refractivity contribution is 7.80. The highest BCUT2D eigenvalue weighted by atomic mass is 35.5. The Kier molecular flexibility index (Phi) is 5.75. The fourth-order valence-electron chi connectivity index (χ4n) is 1.78. The van der Waals surface area contributed by atoms with Crippen molar-refractivity contribution in [1.82, 2.24) is 5.43 Å². The molecule has 0 bridgehead atoms. The molecule has 0 aliphatic heterocycles. The Bertz CT molecular complexity index is 686. The van der Waals surface area contributed by atoms with Gasteiger partial charge in [0, 0.05) is 16.3 Å². The van der Waals surface area contributed by atoms with Gasteiger partial charge in [0.25, 0.3) is 0 Å². The number of anilines is 1. The Morgan fingerprint density at radius 1 is 1.14 bits per heavy atom. The minimum atomic E-state index is 0.400. The van der Waals surface area contributed by atoms with E-state index in [1.165, 1.54) is 0 Å². The largest absolute Gasteiger partial charge is 0.497 e. The summed E-state index contributed by atoms with van der Waals surface area (Å²) in [4.78, 5) is 0. The summed E-state index contributed by atoms with van der Waals surface area (Å²) in [6.07, 6.45) is 0. The van der Waals surface area contributed by atoms with Gasteiger partial charge in [-0.3, -0.25) is 5.43 Å². The quantitative estimate of drug-likeness (QED) is 0.503. The van der Waals surface area contributed by atoms with Gasteiger partial charge in [-0.2, -0.15) is 5.10 Å². The molecule has 0 aliphatic rings. The first-order valence-electron chi connectivity index (χ1n) is 6.60. The third-order valence-corrected chi connectivity index (χ3v) is 3.46. The van der Waals surface area contributed by atoms with E-state index in [9.17, 15) is 0 Å². The molecule has 0 unspecified atom stereocenters. The van der Waals surface area contributed by atoms with Crippen molar-refractivity contribution in [2.75, 3.05) is 12.4 Å². The maximum atomic E-state index is 6.12. The molecule has 6 heteroatoms. The molecule has 2 aromatic carbocycles. The van der Waals surface area contributed by atoms with Gasteiger partial charge in [-0.25, -0.2) is 0 Å². The molecule has 0 atom stereocenters. The number of methoxy groups -OCH3 is 1. The topological polar surface area (TPSA) is 45.6 Å². The van der Waals surface area contributed by atoms with Crippen LogP contribution in [0.3, 0.4) is 0 Å². The fourth-order valence-corrected chi connectivity index (χ4v) is 2.22. The molecule has 0 aromatic heterocycles. The molecule has 22 heavy (non-hydrogen) atoms. The summed E-state index contributed by atoms with van der Waals surface area (Å²) in [5, 5.41) is 8.33. The van der Waals surface area contributed by atoms with Crippen LogP contribution in [0.1, 0.15) is 12.5 Å². The lowest BCUT2D eigenvalue weighted by Gasteiger charge is -2.09. The summed E-state index contributed by atoms with van der Waals surface area (Å²) < 4.78 is 5.10. The van der Waals surface area contributed by atoms with Crippen molar-refractivity contribution >= 4 is 40.3 Å². The first-order chi connectivity index (χ1) is 10.6. The van der Waals surface area contributed by atoms with Crippen LogP contribution < -0.4 is 15.5 Å². The molecular weight excluding hydrogens is 318 g/mol. The first kappa shape index (κ1) is 16.3. The second kappa shape index (κ2) is 7.77. The molecule has 0 aliphatic carbocycles. The molecule has 0 radical (unpaired) electrons. The number of thiocarbonyl (C=S) groups is 1. The average molecular weight is 334 g/mol. The summed E-state index contributed by atoms with van der Waals surface area (Å²) in [6.45, 7) is 1.87. The molecule has 0 amide bonds.